The van der Waals surface area contributed by atoms with Crippen LogP contribution in [0.1, 0.15) is 59.6 Å². The van der Waals surface area contributed by atoms with E-state index < -0.39 is 22.9 Å². The van der Waals surface area contributed by atoms with Crippen molar-refractivity contribution in [3.05, 3.63) is 47.5 Å². The number of benzene rings is 2. The topological polar surface area (TPSA) is 83.7 Å². The lowest BCUT2D eigenvalue weighted by atomic mass is 10.1. The first-order chi connectivity index (χ1) is 16.1. The zero-order valence-corrected chi connectivity index (χ0v) is 21.5. The first-order valence-electron chi connectivity index (χ1n) is 11.7. The number of alkyl carbamates (subject to hydrolysis) is 1. The molecule has 0 fully saturated rings. The maximum atomic E-state index is 12.2. The van der Waals surface area contributed by atoms with Crippen LogP contribution < -0.4 is 5.32 Å². The molecule has 1 heterocycles. The largest absolute Gasteiger partial charge is 0.444 e. The van der Waals surface area contributed by atoms with Crippen LogP contribution in [0.25, 0.3) is 21.8 Å². The number of hydrogen-bond acceptors (Lipinski definition) is 4. The number of fused-ring (bicyclic) bond motifs is 3. The first-order valence-corrected chi connectivity index (χ1v) is 11.7. The van der Waals surface area contributed by atoms with Crippen LogP contribution in [0.4, 0.5) is 4.79 Å². The van der Waals surface area contributed by atoms with Gasteiger partial charge in [0.2, 0.25) is 0 Å². The molecule has 0 aliphatic carbocycles. The van der Waals surface area contributed by atoms with Crippen molar-refractivity contribution in [3.8, 4) is 23.7 Å². The number of amides is 1. The van der Waals surface area contributed by atoms with Gasteiger partial charge in [-0.3, -0.25) is 0 Å². The monoisotopic (exact) mass is 474 g/mol. The third-order valence-corrected chi connectivity index (χ3v) is 4.90. The number of nitrogens with zero attached hydrogens (tertiary/aromatic N) is 1. The summed E-state index contributed by atoms with van der Waals surface area (Å²) in [6.45, 7) is 12.9. The molecule has 3 rings (SSSR count). The summed E-state index contributed by atoms with van der Waals surface area (Å²) >= 11 is 0. The van der Waals surface area contributed by atoms with E-state index in [0.29, 0.717) is 13.1 Å². The first kappa shape index (κ1) is 26.2. The van der Waals surface area contributed by atoms with Gasteiger partial charge in [-0.1, -0.05) is 35.8 Å². The Morgan fingerprint density at radius 3 is 1.71 bits per heavy atom. The van der Waals surface area contributed by atoms with Gasteiger partial charge in [0.05, 0.1) is 11.0 Å². The van der Waals surface area contributed by atoms with E-state index in [4.69, 9.17) is 4.74 Å². The number of ether oxygens (including phenoxy) is 1. The van der Waals surface area contributed by atoms with Crippen molar-refractivity contribution in [2.24, 2.45) is 0 Å². The Hall–Kier alpha value is -3.45. The molecule has 6 nitrogen and oxygen atoms in total. The fraction of sp³-hybridized carbons (Fsp3) is 0.414. The summed E-state index contributed by atoms with van der Waals surface area (Å²) in [6.07, 6.45) is -0.466. The molecule has 1 amide bonds. The molecule has 0 spiro atoms. The minimum Gasteiger partial charge on any atom is -0.444 e. The highest BCUT2D eigenvalue weighted by molar-refractivity contribution is 6.08. The molecule has 3 N–H and O–H groups in total. The van der Waals surface area contributed by atoms with Crippen LogP contribution in [0.3, 0.4) is 0 Å². The highest BCUT2D eigenvalue weighted by Gasteiger charge is 2.17. The maximum absolute atomic E-state index is 12.2. The highest BCUT2D eigenvalue weighted by atomic mass is 16.6. The molecule has 0 unspecified atom stereocenters. The van der Waals surface area contributed by atoms with Gasteiger partial charge in [0.25, 0.3) is 0 Å². The quantitative estimate of drug-likeness (QED) is 0.486. The zero-order chi connectivity index (χ0) is 26.0. The molecule has 0 atom stereocenters. The lowest BCUT2D eigenvalue weighted by molar-refractivity contribution is 0.0526. The molecule has 0 saturated carbocycles. The molecule has 6 heteroatoms. The molecule has 184 valence electrons. The number of rotatable bonds is 3. The summed E-state index contributed by atoms with van der Waals surface area (Å²) in [5, 5.41) is 24.9. The fourth-order valence-corrected chi connectivity index (χ4v) is 3.53. The van der Waals surface area contributed by atoms with Crippen LogP contribution in [-0.4, -0.2) is 44.2 Å². The van der Waals surface area contributed by atoms with Crippen molar-refractivity contribution < 1.29 is 19.7 Å². The number of aliphatic hydroxyl groups is 2. The second-order valence-electron chi connectivity index (χ2n) is 10.7. The molecule has 35 heavy (non-hydrogen) atoms. The van der Waals surface area contributed by atoms with Crippen molar-refractivity contribution in [1.82, 2.24) is 9.88 Å². The van der Waals surface area contributed by atoms with Crippen LogP contribution in [-0.2, 0) is 11.3 Å². The molecule has 0 aliphatic heterocycles. The second kappa shape index (κ2) is 9.66. The zero-order valence-electron chi connectivity index (χ0n) is 21.5. The smallest absolute Gasteiger partial charge is 0.407 e. The predicted octanol–water partition coefficient (Wildman–Crippen LogP) is 4.56. The lowest BCUT2D eigenvalue weighted by Gasteiger charge is -2.19. The molecule has 0 aliphatic rings. The van der Waals surface area contributed by atoms with Gasteiger partial charge in [-0.25, -0.2) is 4.79 Å². The van der Waals surface area contributed by atoms with Crippen molar-refractivity contribution in [3.63, 3.8) is 0 Å². The Bertz CT molecular complexity index is 1280. The van der Waals surface area contributed by atoms with Crippen molar-refractivity contribution >= 4 is 27.9 Å². The van der Waals surface area contributed by atoms with Gasteiger partial charge < -0.3 is 24.8 Å². The molecule has 0 saturated heterocycles. The van der Waals surface area contributed by atoms with Crippen LogP contribution in [0, 0.1) is 23.7 Å². The van der Waals surface area contributed by atoms with Crippen molar-refractivity contribution in [2.45, 2.75) is 71.8 Å². The average molecular weight is 475 g/mol. The number of hydrogen-bond donors (Lipinski definition) is 3. The molecule has 0 bridgehead atoms. The van der Waals surface area contributed by atoms with Gasteiger partial charge in [0.15, 0.2) is 0 Å². The number of nitrogens with one attached hydrogen (secondary N) is 1. The molecule has 3 aromatic rings. The Labute approximate surface area is 207 Å². The Balaban J connectivity index is 2.06. The summed E-state index contributed by atoms with van der Waals surface area (Å²) in [5.74, 6) is 11.8. The van der Waals surface area contributed by atoms with Crippen LogP contribution in [0.2, 0.25) is 0 Å². The van der Waals surface area contributed by atoms with Gasteiger partial charge in [-0.2, -0.15) is 0 Å². The standard InChI is InChI=1S/C29H34N2O4/c1-27(2,3)35-26(32)30-16-17-31-24-18-20(12-14-28(4,5)33)8-10-22(24)23-11-9-21(19-25(23)31)13-15-29(6,7)34/h8-11,18-19,33-34H,16-17H2,1-7H3,(H,30,32). The minimum absolute atomic E-state index is 0.368. The van der Waals surface area contributed by atoms with E-state index in [-0.39, 0.29) is 0 Å². The summed E-state index contributed by atoms with van der Waals surface area (Å²) in [4.78, 5) is 12.2. The number of aromatic nitrogens is 1. The Morgan fingerprint density at radius 1 is 0.857 bits per heavy atom. The molecular weight excluding hydrogens is 440 g/mol. The summed E-state index contributed by atoms with van der Waals surface area (Å²) in [7, 11) is 0. The molecule has 0 radical (unpaired) electrons. The van der Waals surface area contributed by atoms with Crippen LogP contribution >= 0.6 is 0 Å². The van der Waals surface area contributed by atoms with E-state index in [2.05, 4.69) is 33.6 Å². The fourth-order valence-electron chi connectivity index (χ4n) is 3.53. The van der Waals surface area contributed by atoms with Crippen molar-refractivity contribution in [1.29, 1.82) is 0 Å². The SMILES string of the molecule is CC(C)(O)C#Cc1ccc2c3ccc(C#CC(C)(C)O)cc3n(CCNC(=O)OC(C)(C)C)c2c1. The van der Waals surface area contributed by atoms with E-state index in [9.17, 15) is 15.0 Å². The average Bonchev–Trinajstić information content (AvgIpc) is 3.01. The minimum atomic E-state index is -1.09. The number of carbonyl (C=O) groups excluding carboxylic acids is 1. The van der Waals surface area contributed by atoms with Gasteiger partial charge in [-0.15, -0.1) is 0 Å². The molecule has 1 aromatic heterocycles. The molecule has 2 aromatic carbocycles. The second-order valence-corrected chi connectivity index (χ2v) is 10.7. The van der Waals surface area contributed by atoms with Crippen LogP contribution in [0.15, 0.2) is 36.4 Å². The third kappa shape index (κ3) is 7.52. The van der Waals surface area contributed by atoms with Gasteiger partial charge in [0.1, 0.15) is 16.8 Å². The lowest BCUT2D eigenvalue weighted by Crippen LogP contribution is -2.34. The van der Waals surface area contributed by atoms with E-state index in [0.717, 1.165) is 32.9 Å². The third-order valence-electron chi connectivity index (χ3n) is 4.90. The van der Waals surface area contributed by atoms with Crippen molar-refractivity contribution in [2.75, 3.05) is 6.54 Å². The summed E-state index contributed by atoms with van der Waals surface area (Å²) in [6, 6.07) is 11.9. The summed E-state index contributed by atoms with van der Waals surface area (Å²) < 4.78 is 7.47. The van der Waals surface area contributed by atoms with Gasteiger partial charge >= 0.3 is 6.09 Å². The predicted molar refractivity (Wildman–Crippen MR) is 140 cm³/mol. The normalized spacial score (nSPS) is 12.0. The van der Waals surface area contributed by atoms with E-state index in [1.54, 1.807) is 27.7 Å². The van der Waals surface area contributed by atoms with Gasteiger partial charge in [-0.05, 0) is 72.7 Å². The highest BCUT2D eigenvalue weighted by Crippen LogP contribution is 2.30. The van der Waals surface area contributed by atoms with E-state index >= 15 is 0 Å². The van der Waals surface area contributed by atoms with E-state index in [1.165, 1.54) is 0 Å². The van der Waals surface area contributed by atoms with E-state index in [1.807, 2.05) is 57.2 Å². The summed E-state index contributed by atoms with van der Waals surface area (Å²) in [5.41, 5.74) is 0.734. The molecular formula is C29H34N2O4. The Kier molecular flexibility index (Phi) is 7.22. The Morgan fingerprint density at radius 2 is 1.31 bits per heavy atom. The van der Waals surface area contributed by atoms with Crippen LogP contribution in [0.5, 0.6) is 0 Å². The number of carbonyl (C=O) groups is 1. The maximum Gasteiger partial charge on any atom is 0.407 e. The van der Waals surface area contributed by atoms with Gasteiger partial charge in [0, 0.05) is 35.0 Å².